The standard InChI is InChI=1S/C27H44O5/c1-6-8-9-10-11-12-13-14-15-16-20-24-27(4,22(3)25(28)32-24)26(29)31-21-18-17-19-23(7-2)30-5/h7,17,19,24H,3,6,8-16,18,20-21H2,1-2,4-5H3/b19-17-,23-7+/t24?,27-/m0/s1. The molecule has 0 N–H and O–H groups in total. The lowest BCUT2D eigenvalue weighted by Crippen LogP contribution is -2.39. The molecular formula is C27H44O5. The van der Waals surface area contributed by atoms with E-state index in [1.54, 1.807) is 14.0 Å². The molecule has 182 valence electrons. The highest BCUT2D eigenvalue weighted by Gasteiger charge is 2.55. The molecule has 1 saturated heterocycles. The lowest BCUT2D eigenvalue weighted by molar-refractivity contribution is -0.157. The summed E-state index contributed by atoms with van der Waals surface area (Å²) in [6.07, 6.45) is 18.7. The highest BCUT2D eigenvalue weighted by molar-refractivity contribution is 6.00. The van der Waals surface area contributed by atoms with Gasteiger partial charge in [-0.15, -0.1) is 0 Å². The molecular weight excluding hydrogens is 404 g/mol. The van der Waals surface area contributed by atoms with Crippen molar-refractivity contribution < 1.29 is 23.8 Å². The molecule has 0 aromatic heterocycles. The van der Waals surface area contributed by atoms with Crippen molar-refractivity contribution in [1.29, 1.82) is 0 Å². The van der Waals surface area contributed by atoms with Crippen LogP contribution in [0.15, 0.2) is 36.1 Å². The Morgan fingerprint density at radius 1 is 1.09 bits per heavy atom. The van der Waals surface area contributed by atoms with E-state index in [0.717, 1.165) is 18.6 Å². The number of hydrogen-bond acceptors (Lipinski definition) is 5. The first-order chi connectivity index (χ1) is 15.4. The molecule has 1 rings (SSSR count). The average Bonchev–Trinajstić information content (AvgIpc) is 3.01. The molecule has 0 radical (unpaired) electrons. The van der Waals surface area contributed by atoms with E-state index in [4.69, 9.17) is 14.2 Å². The van der Waals surface area contributed by atoms with Gasteiger partial charge in [0.05, 0.1) is 19.3 Å². The van der Waals surface area contributed by atoms with Gasteiger partial charge in [-0.2, -0.15) is 0 Å². The van der Waals surface area contributed by atoms with E-state index in [9.17, 15) is 9.59 Å². The fraction of sp³-hybridized carbons (Fsp3) is 0.704. The van der Waals surface area contributed by atoms with E-state index in [1.807, 2.05) is 25.2 Å². The SMILES string of the molecule is C=C1C(=O)OC(CCCCCCCCCCCC)[C@@]1(C)C(=O)OCC/C=C\C(=C/C)OC. The molecule has 5 heteroatoms. The Labute approximate surface area is 195 Å². The van der Waals surface area contributed by atoms with Crippen LogP contribution in [0.25, 0.3) is 0 Å². The maximum Gasteiger partial charge on any atom is 0.335 e. The predicted molar refractivity (Wildman–Crippen MR) is 129 cm³/mol. The highest BCUT2D eigenvalue weighted by Crippen LogP contribution is 2.42. The number of carbonyl (C=O) groups excluding carboxylic acids is 2. The molecule has 0 aromatic rings. The number of esters is 2. The zero-order chi connectivity index (χ0) is 23.8. The Hall–Kier alpha value is -2.04. The van der Waals surface area contributed by atoms with Gasteiger partial charge in [-0.1, -0.05) is 77.4 Å². The molecule has 0 aliphatic carbocycles. The van der Waals surface area contributed by atoms with Crippen LogP contribution in [0.5, 0.6) is 0 Å². The lowest BCUT2D eigenvalue weighted by Gasteiger charge is -2.27. The smallest absolute Gasteiger partial charge is 0.335 e. The van der Waals surface area contributed by atoms with Gasteiger partial charge in [0, 0.05) is 0 Å². The zero-order valence-electron chi connectivity index (χ0n) is 20.8. The number of cyclic esters (lactones) is 1. The van der Waals surface area contributed by atoms with Crippen molar-refractivity contribution >= 4 is 11.9 Å². The molecule has 5 nitrogen and oxygen atoms in total. The summed E-state index contributed by atoms with van der Waals surface area (Å²) in [6, 6.07) is 0. The summed E-state index contributed by atoms with van der Waals surface area (Å²) in [5.41, 5.74) is -0.910. The maximum absolute atomic E-state index is 12.8. The van der Waals surface area contributed by atoms with Crippen LogP contribution in [0.1, 0.15) is 97.8 Å². The molecule has 1 heterocycles. The maximum atomic E-state index is 12.8. The zero-order valence-corrected chi connectivity index (χ0v) is 20.8. The second kappa shape index (κ2) is 15.7. The van der Waals surface area contributed by atoms with Crippen LogP contribution in [-0.2, 0) is 23.8 Å². The number of ether oxygens (including phenoxy) is 3. The van der Waals surface area contributed by atoms with Gasteiger partial charge in [0.15, 0.2) is 0 Å². The van der Waals surface area contributed by atoms with Gasteiger partial charge in [-0.05, 0) is 45.3 Å². The normalized spacial score (nSPS) is 21.2. The molecule has 32 heavy (non-hydrogen) atoms. The summed E-state index contributed by atoms with van der Waals surface area (Å²) < 4.78 is 16.1. The minimum absolute atomic E-state index is 0.200. The van der Waals surface area contributed by atoms with Crippen molar-refractivity contribution in [1.82, 2.24) is 0 Å². The Bertz CT molecular complexity index is 648. The van der Waals surface area contributed by atoms with Gasteiger partial charge in [-0.3, -0.25) is 4.79 Å². The first kappa shape index (κ1) is 28.0. The number of methoxy groups -OCH3 is 1. The molecule has 2 atom stereocenters. The topological polar surface area (TPSA) is 61.8 Å². The first-order valence-electron chi connectivity index (χ1n) is 12.4. The van der Waals surface area contributed by atoms with Gasteiger partial charge in [0.25, 0.3) is 0 Å². The monoisotopic (exact) mass is 448 g/mol. The van der Waals surface area contributed by atoms with Crippen molar-refractivity contribution in [2.75, 3.05) is 13.7 Å². The molecule has 1 fully saturated rings. The van der Waals surface area contributed by atoms with E-state index < -0.39 is 23.5 Å². The second-order valence-electron chi connectivity index (χ2n) is 8.77. The van der Waals surface area contributed by atoms with Crippen LogP contribution >= 0.6 is 0 Å². The van der Waals surface area contributed by atoms with Crippen LogP contribution in [0, 0.1) is 5.41 Å². The van der Waals surface area contributed by atoms with Crippen LogP contribution in [-0.4, -0.2) is 31.8 Å². The van der Waals surface area contributed by atoms with E-state index >= 15 is 0 Å². The fourth-order valence-electron chi connectivity index (χ4n) is 4.00. The van der Waals surface area contributed by atoms with Crippen LogP contribution in [0.2, 0.25) is 0 Å². The number of unbranched alkanes of at least 4 members (excludes halogenated alkanes) is 9. The summed E-state index contributed by atoms with van der Waals surface area (Å²) in [5.74, 6) is -0.168. The minimum atomic E-state index is -1.11. The summed E-state index contributed by atoms with van der Waals surface area (Å²) in [7, 11) is 1.61. The largest absolute Gasteiger partial charge is 0.497 e. The van der Waals surface area contributed by atoms with Gasteiger partial charge in [0.1, 0.15) is 17.3 Å². The molecule has 0 spiro atoms. The Kier molecular flexibility index (Phi) is 13.7. The van der Waals surface area contributed by atoms with Gasteiger partial charge in [-0.25, -0.2) is 4.79 Å². The minimum Gasteiger partial charge on any atom is -0.497 e. The molecule has 0 saturated carbocycles. The molecule has 1 aliphatic heterocycles. The summed E-state index contributed by atoms with van der Waals surface area (Å²) in [5, 5.41) is 0. The molecule has 0 bridgehead atoms. The van der Waals surface area contributed by atoms with E-state index in [1.165, 1.54) is 51.4 Å². The lowest BCUT2D eigenvalue weighted by atomic mass is 9.78. The third kappa shape index (κ3) is 8.84. The third-order valence-corrected chi connectivity index (χ3v) is 6.33. The Balaban J connectivity index is 2.40. The number of rotatable bonds is 17. The summed E-state index contributed by atoms with van der Waals surface area (Å²) in [4.78, 5) is 25.0. The second-order valence-corrected chi connectivity index (χ2v) is 8.77. The van der Waals surface area contributed by atoms with Crippen molar-refractivity contribution in [3.8, 4) is 0 Å². The first-order valence-corrected chi connectivity index (χ1v) is 12.4. The van der Waals surface area contributed by atoms with Crippen molar-refractivity contribution in [3.63, 3.8) is 0 Å². The van der Waals surface area contributed by atoms with Crippen molar-refractivity contribution in [3.05, 3.63) is 36.1 Å². The fourth-order valence-corrected chi connectivity index (χ4v) is 4.00. The molecule has 0 amide bonds. The van der Waals surface area contributed by atoms with Crippen molar-refractivity contribution in [2.45, 2.75) is 104 Å². The summed E-state index contributed by atoms with van der Waals surface area (Å²) in [6.45, 7) is 9.92. The van der Waals surface area contributed by atoms with E-state index in [-0.39, 0.29) is 12.2 Å². The van der Waals surface area contributed by atoms with Crippen LogP contribution < -0.4 is 0 Å². The molecule has 1 unspecified atom stereocenters. The number of hydrogen-bond donors (Lipinski definition) is 0. The average molecular weight is 449 g/mol. The number of carbonyl (C=O) groups is 2. The molecule has 0 aromatic carbocycles. The third-order valence-electron chi connectivity index (χ3n) is 6.33. The van der Waals surface area contributed by atoms with Gasteiger partial charge >= 0.3 is 11.9 Å². The van der Waals surface area contributed by atoms with Crippen LogP contribution in [0.4, 0.5) is 0 Å². The number of allylic oxidation sites excluding steroid dienone is 2. The van der Waals surface area contributed by atoms with Crippen LogP contribution in [0.3, 0.4) is 0 Å². The van der Waals surface area contributed by atoms with E-state index in [0.29, 0.717) is 12.8 Å². The van der Waals surface area contributed by atoms with Gasteiger partial charge in [0.2, 0.25) is 0 Å². The summed E-state index contributed by atoms with van der Waals surface area (Å²) >= 11 is 0. The van der Waals surface area contributed by atoms with Crippen molar-refractivity contribution in [2.24, 2.45) is 5.41 Å². The Morgan fingerprint density at radius 3 is 2.25 bits per heavy atom. The predicted octanol–water partition coefficient (Wildman–Crippen LogP) is 6.83. The molecule has 1 aliphatic rings. The van der Waals surface area contributed by atoms with E-state index in [2.05, 4.69) is 13.5 Å². The quantitative estimate of drug-likeness (QED) is 0.0802. The highest BCUT2D eigenvalue weighted by atomic mass is 16.6. The Morgan fingerprint density at radius 2 is 1.69 bits per heavy atom. The van der Waals surface area contributed by atoms with Gasteiger partial charge < -0.3 is 14.2 Å².